The van der Waals surface area contributed by atoms with E-state index < -0.39 is 11.9 Å². The summed E-state index contributed by atoms with van der Waals surface area (Å²) in [6.45, 7) is 1.32. The van der Waals surface area contributed by atoms with Crippen LogP contribution in [0.15, 0.2) is 18.2 Å². The highest BCUT2D eigenvalue weighted by molar-refractivity contribution is 6.30. The highest BCUT2D eigenvalue weighted by atomic mass is 35.5. The van der Waals surface area contributed by atoms with Gasteiger partial charge in [-0.1, -0.05) is 17.7 Å². The van der Waals surface area contributed by atoms with Gasteiger partial charge in [0.2, 0.25) is 0 Å². The summed E-state index contributed by atoms with van der Waals surface area (Å²) in [7, 11) is 0. The predicted molar refractivity (Wildman–Crippen MR) is 49.0 cm³/mol. The Morgan fingerprint density at radius 1 is 1.62 bits per heavy atom. The van der Waals surface area contributed by atoms with Gasteiger partial charge in [-0.2, -0.15) is 0 Å². The van der Waals surface area contributed by atoms with Gasteiger partial charge in [0.25, 0.3) is 0 Å². The molecule has 2 nitrogen and oxygen atoms in total. The molecule has 0 radical (unpaired) electrons. The van der Waals surface area contributed by atoms with E-state index in [1.165, 1.54) is 19.1 Å². The number of hydrogen-bond donors (Lipinski definition) is 1. The van der Waals surface area contributed by atoms with E-state index in [1.54, 1.807) is 0 Å². The number of ketones is 1. The fraction of sp³-hybridized carbons (Fsp3) is 0.222. The Labute approximate surface area is 80.5 Å². The molecule has 0 saturated heterocycles. The van der Waals surface area contributed by atoms with Crippen molar-refractivity contribution < 1.29 is 9.18 Å². The van der Waals surface area contributed by atoms with Crippen LogP contribution in [0.5, 0.6) is 0 Å². The first-order valence-electron chi connectivity index (χ1n) is 3.73. The van der Waals surface area contributed by atoms with E-state index in [1.807, 2.05) is 0 Å². The van der Waals surface area contributed by atoms with Crippen molar-refractivity contribution in [3.05, 3.63) is 34.6 Å². The molecule has 0 amide bonds. The maximum atomic E-state index is 13.1. The zero-order valence-electron chi connectivity index (χ0n) is 7.05. The Bertz CT molecular complexity index is 340. The van der Waals surface area contributed by atoms with Gasteiger partial charge in [-0.3, -0.25) is 4.79 Å². The van der Waals surface area contributed by atoms with Crippen molar-refractivity contribution in [1.29, 1.82) is 0 Å². The van der Waals surface area contributed by atoms with Gasteiger partial charge in [-0.15, -0.1) is 0 Å². The van der Waals surface area contributed by atoms with Gasteiger partial charge in [0.05, 0.1) is 6.04 Å². The lowest BCUT2D eigenvalue weighted by Gasteiger charge is -2.08. The number of halogens is 2. The number of rotatable bonds is 2. The van der Waals surface area contributed by atoms with Crippen molar-refractivity contribution in [2.75, 3.05) is 0 Å². The number of benzene rings is 1. The minimum Gasteiger partial charge on any atom is -0.318 e. The third kappa shape index (κ3) is 2.26. The van der Waals surface area contributed by atoms with Crippen LogP contribution in [0.1, 0.15) is 18.5 Å². The molecule has 0 aromatic heterocycles. The van der Waals surface area contributed by atoms with Crippen LogP contribution in [0.3, 0.4) is 0 Å². The molecule has 2 N–H and O–H groups in total. The minimum absolute atomic E-state index is 0.178. The summed E-state index contributed by atoms with van der Waals surface area (Å²) in [6, 6.07) is 3.16. The van der Waals surface area contributed by atoms with E-state index in [2.05, 4.69) is 0 Å². The van der Waals surface area contributed by atoms with E-state index in [0.29, 0.717) is 0 Å². The number of nitrogens with two attached hydrogens (primary N) is 1. The lowest BCUT2D eigenvalue weighted by Crippen LogP contribution is -2.19. The second-order valence-corrected chi connectivity index (χ2v) is 3.19. The average Bonchev–Trinajstić information content (AvgIpc) is 2.03. The van der Waals surface area contributed by atoms with Gasteiger partial charge in [0.15, 0.2) is 5.78 Å². The van der Waals surface area contributed by atoms with Gasteiger partial charge in [0.1, 0.15) is 5.82 Å². The molecule has 0 bridgehead atoms. The Morgan fingerprint density at radius 3 is 2.69 bits per heavy atom. The van der Waals surface area contributed by atoms with Crippen molar-refractivity contribution in [2.24, 2.45) is 5.73 Å². The second-order valence-electron chi connectivity index (χ2n) is 2.75. The van der Waals surface area contributed by atoms with Crippen LogP contribution < -0.4 is 5.73 Å². The fourth-order valence-corrected chi connectivity index (χ4v) is 1.13. The summed E-state index contributed by atoms with van der Waals surface area (Å²) in [6.07, 6.45) is 0. The number of carbonyl (C=O) groups is 1. The van der Waals surface area contributed by atoms with Crippen LogP contribution in [0, 0.1) is 5.82 Å². The molecule has 1 rings (SSSR count). The van der Waals surface area contributed by atoms with Gasteiger partial charge in [-0.25, -0.2) is 4.39 Å². The van der Waals surface area contributed by atoms with Crippen molar-refractivity contribution >= 4 is 17.4 Å². The summed E-state index contributed by atoms with van der Waals surface area (Å²) >= 11 is 5.54. The first-order chi connectivity index (χ1) is 6.02. The topological polar surface area (TPSA) is 43.1 Å². The standard InChI is InChI=1S/C9H9ClFNO/c1-5(13)9(12)7-3-2-6(10)4-8(7)11/h2-4,9H,12H2,1H3. The molecule has 4 heteroatoms. The van der Waals surface area contributed by atoms with Crippen molar-refractivity contribution in [2.45, 2.75) is 13.0 Å². The second kappa shape index (κ2) is 3.85. The molecule has 0 aliphatic heterocycles. The van der Waals surface area contributed by atoms with E-state index in [4.69, 9.17) is 17.3 Å². The van der Waals surface area contributed by atoms with Gasteiger partial charge >= 0.3 is 0 Å². The SMILES string of the molecule is CC(=O)C(N)c1ccc(Cl)cc1F. The monoisotopic (exact) mass is 201 g/mol. The number of Topliss-reactive ketones (excluding diaryl/α,β-unsaturated/α-hetero) is 1. The normalized spacial score (nSPS) is 12.6. The zero-order chi connectivity index (χ0) is 10.0. The smallest absolute Gasteiger partial charge is 0.151 e. The van der Waals surface area contributed by atoms with Crippen LogP contribution in [0.25, 0.3) is 0 Å². The molecule has 0 fully saturated rings. The Morgan fingerprint density at radius 2 is 2.23 bits per heavy atom. The van der Waals surface area contributed by atoms with Crippen LogP contribution in [-0.4, -0.2) is 5.78 Å². The molecule has 1 aromatic rings. The third-order valence-electron chi connectivity index (χ3n) is 1.74. The van der Waals surface area contributed by atoms with Crippen molar-refractivity contribution in [3.63, 3.8) is 0 Å². The molecular formula is C9H9ClFNO. The Hall–Kier alpha value is -0.930. The largest absolute Gasteiger partial charge is 0.318 e. The number of carbonyl (C=O) groups excluding carboxylic acids is 1. The average molecular weight is 202 g/mol. The van der Waals surface area contributed by atoms with E-state index in [9.17, 15) is 9.18 Å². The molecular weight excluding hydrogens is 193 g/mol. The molecule has 0 spiro atoms. The van der Waals surface area contributed by atoms with Gasteiger partial charge in [-0.05, 0) is 19.1 Å². The first kappa shape index (κ1) is 10.2. The molecule has 70 valence electrons. The molecule has 1 atom stereocenters. The highest BCUT2D eigenvalue weighted by Gasteiger charge is 2.15. The maximum absolute atomic E-state index is 13.1. The molecule has 13 heavy (non-hydrogen) atoms. The van der Waals surface area contributed by atoms with Crippen molar-refractivity contribution in [1.82, 2.24) is 0 Å². The van der Waals surface area contributed by atoms with E-state index >= 15 is 0 Å². The molecule has 1 unspecified atom stereocenters. The van der Waals surface area contributed by atoms with Gasteiger partial charge in [0, 0.05) is 10.6 Å². The van der Waals surface area contributed by atoms with E-state index in [-0.39, 0.29) is 16.4 Å². The third-order valence-corrected chi connectivity index (χ3v) is 1.97. The summed E-state index contributed by atoms with van der Waals surface area (Å²) in [5.41, 5.74) is 5.63. The molecule has 1 aromatic carbocycles. The van der Waals surface area contributed by atoms with Crippen LogP contribution in [0.4, 0.5) is 4.39 Å². The Balaban J connectivity index is 3.08. The molecule has 0 saturated carbocycles. The van der Waals surface area contributed by atoms with Crippen molar-refractivity contribution in [3.8, 4) is 0 Å². The molecule has 0 aliphatic rings. The van der Waals surface area contributed by atoms with Crippen LogP contribution in [-0.2, 0) is 4.79 Å². The number of hydrogen-bond acceptors (Lipinski definition) is 2. The summed E-state index contributed by atoms with van der Waals surface area (Å²) < 4.78 is 13.1. The van der Waals surface area contributed by atoms with E-state index in [0.717, 1.165) is 6.07 Å². The van der Waals surface area contributed by atoms with Crippen LogP contribution in [0.2, 0.25) is 5.02 Å². The lowest BCUT2D eigenvalue weighted by molar-refractivity contribution is -0.118. The molecule has 0 aliphatic carbocycles. The summed E-state index contributed by atoms with van der Waals surface area (Å²) in [4.78, 5) is 10.9. The fourth-order valence-electron chi connectivity index (χ4n) is 0.973. The molecule has 0 heterocycles. The predicted octanol–water partition coefficient (Wildman–Crippen LogP) is 2.07. The maximum Gasteiger partial charge on any atom is 0.151 e. The first-order valence-corrected chi connectivity index (χ1v) is 4.11. The van der Waals surface area contributed by atoms with Crippen LogP contribution >= 0.6 is 11.6 Å². The Kier molecular flexibility index (Phi) is 3.01. The zero-order valence-corrected chi connectivity index (χ0v) is 7.81. The minimum atomic E-state index is -0.905. The lowest BCUT2D eigenvalue weighted by atomic mass is 10.0. The summed E-state index contributed by atoms with van der Waals surface area (Å²) in [5, 5.41) is 0.289. The quantitative estimate of drug-likeness (QED) is 0.796. The summed E-state index contributed by atoms with van der Waals surface area (Å²) in [5.74, 6) is -0.823. The highest BCUT2D eigenvalue weighted by Crippen LogP contribution is 2.19. The van der Waals surface area contributed by atoms with Gasteiger partial charge < -0.3 is 5.73 Å².